The Morgan fingerprint density at radius 3 is 2.93 bits per heavy atom. The molecule has 8 nitrogen and oxygen atoms in total. The predicted octanol–water partition coefficient (Wildman–Crippen LogP) is 2.27. The Balaban J connectivity index is 1.52. The van der Waals surface area contributed by atoms with Crippen molar-refractivity contribution in [1.29, 1.82) is 0 Å². The van der Waals surface area contributed by atoms with Gasteiger partial charge in [-0.3, -0.25) is 4.79 Å². The van der Waals surface area contributed by atoms with Gasteiger partial charge >= 0.3 is 0 Å². The first-order chi connectivity index (χ1) is 13.2. The molecule has 0 bridgehead atoms. The molecule has 1 unspecified atom stereocenters. The number of rotatable bonds is 5. The molecule has 1 amide bonds. The third kappa shape index (κ3) is 3.80. The van der Waals surface area contributed by atoms with Gasteiger partial charge in [0.1, 0.15) is 0 Å². The summed E-state index contributed by atoms with van der Waals surface area (Å²) in [6.45, 7) is 2.10. The zero-order chi connectivity index (χ0) is 18.6. The summed E-state index contributed by atoms with van der Waals surface area (Å²) in [7, 11) is 0. The SMILES string of the molecule is Nc1nccnc1C(=O)Nc1ccc2c(OCC3CCOC3)nccc2c1. The molecule has 3 aromatic rings. The highest BCUT2D eigenvalue weighted by molar-refractivity contribution is 6.06. The van der Waals surface area contributed by atoms with E-state index in [0.29, 0.717) is 24.1 Å². The molecule has 27 heavy (non-hydrogen) atoms. The summed E-state index contributed by atoms with van der Waals surface area (Å²) in [5.41, 5.74) is 6.42. The number of ether oxygens (including phenoxy) is 2. The molecular weight excluding hydrogens is 346 g/mol. The number of nitrogens with zero attached hydrogens (tertiary/aromatic N) is 3. The lowest BCUT2D eigenvalue weighted by molar-refractivity contribution is 0.102. The molecule has 1 aliphatic rings. The summed E-state index contributed by atoms with van der Waals surface area (Å²) in [4.78, 5) is 24.5. The van der Waals surface area contributed by atoms with Crippen LogP contribution in [0.5, 0.6) is 5.88 Å². The number of anilines is 2. The van der Waals surface area contributed by atoms with E-state index in [0.717, 1.165) is 30.4 Å². The maximum absolute atomic E-state index is 12.3. The van der Waals surface area contributed by atoms with Crippen molar-refractivity contribution in [2.45, 2.75) is 6.42 Å². The molecule has 0 saturated carbocycles. The molecule has 0 aliphatic carbocycles. The Hall–Kier alpha value is -3.26. The molecular formula is C19H19N5O3. The molecule has 2 aromatic heterocycles. The van der Waals surface area contributed by atoms with Gasteiger partial charge in [-0.25, -0.2) is 15.0 Å². The van der Waals surface area contributed by atoms with E-state index in [1.54, 1.807) is 12.3 Å². The monoisotopic (exact) mass is 365 g/mol. The van der Waals surface area contributed by atoms with Crippen LogP contribution in [0.15, 0.2) is 42.9 Å². The molecule has 0 spiro atoms. The molecule has 3 N–H and O–H groups in total. The van der Waals surface area contributed by atoms with Gasteiger partial charge in [0.2, 0.25) is 5.88 Å². The van der Waals surface area contributed by atoms with Crippen molar-refractivity contribution in [3.8, 4) is 5.88 Å². The summed E-state index contributed by atoms with van der Waals surface area (Å²) in [5.74, 6) is 0.659. The van der Waals surface area contributed by atoms with Crippen molar-refractivity contribution < 1.29 is 14.3 Å². The Morgan fingerprint density at radius 1 is 1.22 bits per heavy atom. The topological polar surface area (TPSA) is 112 Å². The van der Waals surface area contributed by atoms with Crippen LogP contribution in [0.1, 0.15) is 16.9 Å². The standard InChI is InChI=1S/C19H19N5O3/c20-17-16(21-6-7-22-17)18(25)24-14-1-2-15-13(9-14)3-5-23-19(15)27-11-12-4-8-26-10-12/h1-3,5-7,9,12H,4,8,10-11H2,(H2,20,22)(H,24,25). The van der Waals surface area contributed by atoms with E-state index in [1.165, 1.54) is 12.4 Å². The molecule has 0 radical (unpaired) electrons. The van der Waals surface area contributed by atoms with Crippen LogP contribution >= 0.6 is 0 Å². The van der Waals surface area contributed by atoms with Gasteiger partial charge in [0.15, 0.2) is 11.5 Å². The minimum Gasteiger partial charge on any atom is -0.477 e. The molecule has 4 rings (SSSR count). The number of nitrogen functional groups attached to an aromatic ring is 1. The van der Waals surface area contributed by atoms with Crippen LogP contribution in [-0.4, -0.2) is 40.7 Å². The number of fused-ring (bicyclic) bond motifs is 1. The predicted molar refractivity (Wildman–Crippen MR) is 101 cm³/mol. The van der Waals surface area contributed by atoms with Gasteiger partial charge in [0, 0.05) is 42.2 Å². The van der Waals surface area contributed by atoms with Crippen molar-refractivity contribution in [2.75, 3.05) is 30.9 Å². The minimum atomic E-state index is -0.410. The Kier molecular flexibility index (Phi) is 4.80. The molecule has 1 aromatic carbocycles. The number of amides is 1. The van der Waals surface area contributed by atoms with E-state index in [4.69, 9.17) is 15.2 Å². The van der Waals surface area contributed by atoms with Crippen molar-refractivity contribution >= 4 is 28.2 Å². The van der Waals surface area contributed by atoms with Gasteiger partial charge in [-0.1, -0.05) is 0 Å². The van der Waals surface area contributed by atoms with Gasteiger partial charge < -0.3 is 20.5 Å². The molecule has 8 heteroatoms. The number of hydrogen-bond donors (Lipinski definition) is 2. The lowest BCUT2D eigenvalue weighted by Gasteiger charge is -2.12. The minimum absolute atomic E-state index is 0.0894. The normalized spacial score (nSPS) is 16.4. The van der Waals surface area contributed by atoms with Gasteiger partial charge in [-0.05, 0) is 36.1 Å². The van der Waals surface area contributed by atoms with E-state index in [-0.39, 0.29) is 11.5 Å². The Morgan fingerprint density at radius 2 is 2.11 bits per heavy atom. The van der Waals surface area contributed by atoms with Gasteiger partial charge in [0.25, 0.3) is 5.91 Å². The van der Waals surface area contributed by atoms with Crippen LogP contribution in [0.25, 0.3) is 10.8 Å². The fourth-order valence-corrected chi connectivity index (χ4v) is 2.97. The number of carbonyl (C=O) groups excluding carboxylic acids is 1. The first-order valence-corrected chi connectivity index (χ1v) is 8.68. The number of hydrogen-bond acceptors (Lipinski definition) is 7. The highest BCUT2D eigenvalue weighted by atomic mass is 16.5. The van der Waals surface area contributed by atoms with Crippen molar-refractivity contribution in [2.24, 2.45) is 5.92 Å². The van der Waals surface area contributed by atoms with Crippen LogP contribution < -0.4 is 15.8 Å². The van der Waals surface area contributed by atoms with E-state index in [9.17, 15) is 4.79 Å². The van der Waals surface area contributed by atoms with Gasteiger partial charge in [-0.2, -0.15) is 0 Å². The Labute approximate surface area is 155 Å². The second-order valence-corrected chi connectivity index (χ2v) is 6.34. The summed E-state index contributed by atoms with van der Waals surface area (Å²) >= 11 is 0. The van der Waals surface area contributed by atoms with E-state index >= 15 is 0 Å². The lowest BCUT2D eigenvalue weighted by atomic mass is 10.1. The third-order valence-electron chi connectivity index (χ3n) is 4.41. The second kappa shape index (κ2) is 7.55. The van der Waals surface area contributed by atoms with E-state index in [2.05, 4.69) is 20.3 Å². The zero-order valence-electron chi connectivity index (χ0n) is 14.6. The number of nitrogens with one attached hydrogen (secondary N) is 1. The first-order valence-electron chi connectivity index (χ1n) is 8.68. The highest BCUT2D eigenvalue weighted by Gasteiger charge is 2.17. The van der Waals surface area contributed by atoms with E-state index < -0.39 is 5.91 Å². The van der Waals surface area contributed by atoms with Crippen LogP contribution in [0, 0.1) is 5.92 Å². The van der Waals surface area contributed by atoms with Crippen LogP contribution in [0.2, 0.25) is 0 Å². The molecule has 1 aliphatic heterocycles. The number of benzene rings is 1. The highest BCUT2D eigenvalue weighted by Crippen LogP contribution is 2.27. The summed E-state index contributed by atoms with van der Waals surface area (Å²) < 4.78 is 11.3. The smallest absolute Gasteiger partial charge is 0.278 e. The van der Waals surface area contributed by atoms with E-state index in [1.807, 2.05) is 18.2 Å². The quantitative estimate of drug-likeness (QED) is 0.713. The zero-order valence-corrected chi connectivity index (χ0v) is 14.6. The average Bonchev–Trinajstić information content (AvgIpc) is 3.20. The van der Waals surface area contributed by atoms with Gasteiger partial charge in [0.05, 0.1) is 13.2 Å². The lowest BCUT2D eigenvalue weighted by Crippen LogP contribution is -2.16. The number of carbonyl (C=O) groups is 1. The van der Waals surface area contributed by atoms with Crippen LogP contribution in [-0.2, 0) is 4.74 Å². The molecule has 1 atom stereocenters. The van der Waals surface area contributed by atoms with Gasteiger partial charge in [-0.15, -0.1) is 0 Å². The van der Waals surface area contributed by atoms with Crippen LogP contribution in [0.4, 0.5) is 11.5 Å². The fraction of sp³-hybridized carbons (Fsp3) is 0.263. The van der Waals surface area contributed by atoms with Crippen LogP contribution in [0.3, 0.4) is 0 Å². The third-order valence-corrected chi connectivity index (χ3v) is 4.41. The number of pyridine rings is 1. The Bertz CT molecular complexity index is 972. The largest absolute Gasteiger partial charge is 0.477 e. The number of nitrogens with two attached hydrogens (primary N) is 1. The summed E-state index contributed by atoms with van der Waals surface area (Å²) in [5, 5.41) is 4.58. The fourth-order valence-electron chi connectivity index (χ4n) is 2.97. The second-order valence-electron chi connectivity index (χ2n) is 6.34. The maximum Gasteiger partial charge on any atom is 0.278 e. The molecule has 3 heterocycles. The molecule has 1 fully saturated rings. The summed E-state index contributed by atoms with van der Waals surface area (Å²) in [6.07, 6.45) is 5.56. The molecule has 138 valence electrons. The van der Waals surface area contributed by atoms with Crippen molar-refractivity contribution in [1.82, 2.24) is 15.0 Å². The first kappa shape index (κ1) is 17.2. The molecule has 1 saturated heterocycles. The number of aromatic nitrogens is 3. The maximum atomic E-state index is 12.3. The summed E-state index contributed by atoms with van der Waals surface area (Å²) in [6, 6.07) is 7.39. The average molecular weight is 365 g/mol. The van der Waals surface area contributed by atoms with Crippen molar-refractivity contribution in [3.63, 3.8) is 0 Å². The van der Waals surface area contributed by atoms with Crippen molar-refractivity contribution in [3.05, 3.63) is 48.5 Å².